The fraction of sp³-hybridized carbons (Fsp3) is 0.290. The number of pyridine rings is 1. The second kappa shape index (κ2) is 12.5. The van der Waals surface area contributed by atoms with Gasteiger partial charge in [-0.15, -0.1) is 0 Å². The van der Waals surface area contributed by atoms with Crippen LogP contribution in [-0.4, -0.2) is 44.7 Å². The summed E-state index contributed by atoms with van der Waals surface area (Å²) < 4.78 is 14.9. The molecule has 4 aromatic rings. The van der Waals surface area contributed by atoms with E-state index in [-0.39, 0.29) is 12.1 Å². The van der Waals surface area contributed by atoms with Crippen LogP contribution in [0.2, 0.25) is 0 Å². The first-order valence-corrected chi connectivity index (χ1v) is 13.4. The minimum Gasteiger partial charge on any atom is -0.394 e. The number of fused-ring (bicyclic) bond motifs is 1. The van der Waals surface area contributed by atoms with Crippen LogP contribution in [0.15, 0.2) is 71.8 Å². The first kappa shape index (κ1) is 27.0. The van der Waals surface area contributed by atoms with Gasteiger partial charge in [-0.3, -0.25) is 14.6 Å². The smallest absolute Gasteiger partial charge is 0.264 e. The Kier molecular flexibility index (Phi) is 8.47. The molecule has 0 bridgehead atoms. The summed E-state index contributed by atoms with van der Waals surface area (Å²) in [5.74, 6) is 5.62. The highest BCUT2D eigenvalue weighted by Gasteiger charge is 2.19. The van der Waals surface area contributed by atoms with E-state index in [1.807, 2.05) is 18.2 Å². The van der Waals surface area contributed by atoms with Crippen molar-refractivity contribution in [3.8, 4) is 11.8 Å². The number of hydrogen-bond donors (Lipinski definition) is 3. The minimum absolute atomic E-state index is 0.0213. The predicted molar refractivity (Wildman–Crippen MR) is 152 cm³/mol. The largest absolute Gasteiger partial charge is 0.394 e. The van der Waals surface area contributed by atoms with Gasteiger partial charge in [-0.2, -0.15) is 0 Å². The summed E-state index contributed by atoms with van der Waals surface area (Å²) in [5.41, 5.74) is 1.96. The second-order valence-electron chi connectivity index (χ2n) is 9.81. The molecule has 2 aromatic carbocycles. The van der Waals surface area contributed by atoms with Crippen molar-refractivity contribution in [3.05, 3.63) is 99.9 Å². The van der Waals surface area contributed by atoms with Crippen molar-refractivity contribution in [2.75, 3.05) is 18.5 Å². The zero-order chi connectivity index (χ0) is 27.9. The lowest BCUT2D eigenvalue weighted by Gasteiger charge is -2.23. The number of aliphatic hydroxyl groups is 1. The van der Waals surface area contributed by atoms with Crippen LogP contribution in [0.4, 0.5) is 10.2 Å². The first-order valence-electron chi connectivity index (χ1n) is 13.4. The molecule has 1 amide bonds. The number of aliphatic hydroxyl groups excluding tert-OH is 1. The fourth-order valence-electron chi connectivity index (χ4n) is 4.98. The van der Waals surface area contributed by atoms with Crippen molar-refractivity contribution >= 4 is 22.8 Å². The first-order chi connectivity index (χ1) is 19.5. The van der Waals surface area contributed by atoms with Gasteiger partial charge in [0.2, 0.25) is 0 Å². The molecule has 0 unspecified atom stereocenters. The standard InChI is InChI=1S/C31H30FN5O3/c32-23-9-4-8-22(18-23)28(20-38)37-16-6-12-25(31(37)40)30(39)33-15-5-7-21-13-14-26-27(17-21)36-29(19-34-26)35-24-10-2-1-3-11-24/h4,6,8-9,12-14,16-19,24,28,38H,1-3,10-11,15,20H2,(H,33,39)(H,35,36)/t28-/m1/s1. The molecule has 2 heterocycles. The van der Waals surface area contributed by atoms with Crippen LogP contribution in [0.3, 0.4) is 0 Å². The molecule has 1 atom stereocenters. The van der Waals surface area contributed by atoms with Gasteiger partial charge in [0.1, 0.15) is 17.2 Å². The van der Waals surface area contributed by atoms with E-state index >= 15 is 0 Å². The van der Waals surface area contributed by atoms with E-state index in [9.17, 15) is 19.1 Å². The van der Waals surface area contributed by atoms with E-state index in [1.54, 1.807) is 12.3 Å². The highest BCUT2D eigenvalue weighted by atomic mass is 19.1. The maximum Gasteiger partial charge on any atom is 0.264 e. The summed E-state index contributed by atoms with van der Waals surface area (Å²) in [5, 5.41) is 16.0. The number of benzene rings is 2. The number of carbonyl (C=O) groups excluding carboxylic acids is 1. The van der Waals surface area contributed by atoms with Crippen molar-refractivity contribution in [3.63, 3.8) is 0 Å². The molecule has 204 valence electrons. The molecule has 5 rings (SSSR count). The Bertz CT molecular complexity index is 1640. The van der Waals surface area contributed by atoms with Crippen LogP contribution >= 0.6 is 0 Å². The van der Waals surface area contributed by atoms with Crippen LogP contribution in [0.25, 0.3) is 11.0 Å². The number of aromatic nitrogens is 3. The third kappa shape index (κ3) is 6.35. The molecule has 2 aromatic heterocycles. The van der Waals surface area contributed by atoms with E-state index in [0.29, 0.717) is 11.6 Å². The number of nitrogens with one attached hydrogen (secondary N) is 2. The monoisotopic (exact) mass is 539 g/mol. The van der Waals surface area contributed by atoms with Crippen LogP contribution in [-0.2, 0) is 0 Å². The zero-order valence-electron chi connectivity index (χ0n) is 21.9. The van der Waals surface area contributed by atoms with Crippen LogP contribution in [0.5, 0.6) is 0 Å². The molecule has 0 radical (unpaired) electrons. The van der Waals surface area contributed by atoms with Gasteiger partial charge in [-0.05, 0) is 60.9 Å². The van der Waals surface area contributed by atoms with Gasteiger partial charge >= 0.3 is 0 Å². The molecule has 0 aliphatic heterocycles. The molecule has 1 aliphatic rings. The van der Waals surface area contributed by atoms with E-state index in [0.717, 1.165) is 35.3 Å². The Hall–Kier alpha value is -4.55. The predicted octanol–water partition coefficient (Wildman–Crippen LogP) is 4.04. The molecule has 0 spiro atoms. The molecule has 9 heteroatoms. The van der Waals surface area contributed by atoms with Crippen molar-refractivity contribution in [2.24, 2.45) is 0 Å². The molecule has 40 heavy (non-hydrogen) atoms. The van der Waals surface area contributed by atoms with Gasteiger partial charge in [0.25, 0.3) is 11.5 Å². The maximum atomic E-state index is 13.7. The lowest BCUT2D eigenvalue weighted by Crippen LogP contribution is -2.35. The van der Waals surface area contributed by atoms with Gasteiger partial charge in [0.15, 0.2) is 0 Å². The number of rotatable bonds is 7. The van der Waals surface area contributed by atoms with Crippen LogP contribution in [0.1, 0.15) is 59.6 Å². The zero-order valence-corrected chi connectivity index (χ0v) is 21.9. The summed E-state index contributed by atoms with van der Waals surface area (Å²) in [6.45, 7) is -0.415. The Morgan fingerprint density at radius 3 is 2.75 bits per heavy atom. The third-order valence-corrected chi connectivity index (χ3v) is 7.03. The van der Waals surface area contributed by atoms with Gasteiger partial charge in [0.05, 0.1) is 36.4 Å². The molecule has 1 fully saturated rings. The summed E-state index contributed by atoms with van der Waals surface area (Å²) in [6.07, 6.45) is 9.25. The number of amides is 1. The van der Waals surface area contributed by atoms with E-state index in [4.69, 9.17) is 4.98 Å². The number of hydrogen-bond acceptors (Lipinski definition) is 6. The summed E-state index contributed by atoms with van der Waals surface area (Å²) >= 11 is 0. The topological polar surface area (TPSA) is 109 Å². The van der Waals surface area contributed by atoms with Crippen molar-refractivity contribution < 1.29 is 14.3 Å². The molecule has 1 aliphatic carbocycles. The normalized spacial score (nSPS) is 14.2. The summed E-state index contributed by atoms with van der Waals surface area (Å²) in [7, 11) is 0. The van der Waals surface area contributed by atoms with Crippen LogP contribution in [0, 0.1) is 17.7 Å². The maximum absolute atomic E-state index is 13.7. The van der Waals surface area contributed by atoms with E-state index in [2.05, 4.69) is 27.5 Å². The van der Waals surface area contributed by atoms with Gasteiger partial charge in [0, 0.05) is 17.8 Å². The van der Waals surface area contributed by atoms with Gasteiger partial charge in [-0.25, -0.2) is 9.37 Å². The highest BCUT2D eigenvalue weighted by molar-refractivity contribution is 5.94. The number of nitrogens with zero attached hydrogens (tertiary/aromatic N) is 3. The Morgan fingerprint density at radius 1 is 1.10 bits per heavy atom. The Labute approximate surface area is 231 Å². The average molecular weight is 540 g/mol. The van der Waals surface area contributed by atoms with Crippen molar-refractivity contribution in [1.29, 1.82) is 0 Å². The Morgan fingerprint density at radius 2 is 1.95 bits per heavy atom. The molecular formula is C31H30FN5O3. The number of carbonyl (C=O) groups is 1. The number of halogens is 1. The fourth-order valence-corrected chi connectivity index (χ4v) is 4.98. The average Bonchev–Trinajstić information content (AvgIpc) is 2.97. The molecule has 8 nitrogen and oxygen atoms in total. The molecule has 0 saturated heterocycles. The molecule has 1 saturated carbocycles. The molecule has 3 N–H and O–H groups in total. The minimum atomic E-state index is -0.829. The summed E-state index contributed by atoms with van der Waals surface area (Å²) in [4.78, 5) is 35.0. The summed E-state index contributed by atoms with van der Waals surface area (Å²) in [6, 6.07) is 13.8. The van der Waals surface area contributed by atoms with E-state index < -0.39 is 29.9 Å². The third-order valence-electron chi connectivity index (χ3n) is 7.03. The molecular weight excluding hydrogens is 509 g/mol. The van der Waals surface area contributed by atoms with Gasteiger partial charge in [-0.1, -0.05) is 43.2 Å². The highest BCUT2D eigenvalue weighted by Crippen LogP contribution is 2.22. The lowest BCUT2D eigenvalue weighted by molar-refractivity contribution is 0.0956. The Balaban J connectivity index is 1.25. The SMILES string of the molecule is O=C(NCC#Cc1ccc2ncc(NC3CCCCC3)nc2c1)c1cccn([C@H](CO)c2cccc(F)c2)c1=O. The van der Waals surface area contributed by atoms with Crippen LogP contribution < -0.4 is 16.2 Å². The van der Waals surface area contributed by atoms with E-state index in [1.165, 1.54) is 60.4 Å². The van der Waals surface area contributed by atoms with Gasteiger partial charge < -0.3 is 20.3 Å². The quantitative estimate of drug-likeness (QED) is 0.306. The number of anilines is 1. The second-order valence-corrected chi connectivity index (χ2v) is 9.81. The van der Waals surface area contributed by atoms with Crippen molar-refractivity contribution in [2.45, 2.75) is 44.2 Å². The van der Waals surface area contributed by atoms with Crippen molar-refractivity contribution in [1.82, 2.24) is 19.9 Å². The lowest BCUT2D eigenvalue weighted by atomic mass is 9.95.